The van der Waals surface area contributed by atoms with Crippen LogP contribution in [0.1, 0.15) is 22.8 Å². The summed E-state index contributed by atoms with van der Waals surface area (Å²) in [4.78, 5) is 22.2. The molecule has 1 aromatic carbocycles. The predicted octanol–water partition coefficient (Wildman–Crippen LogP) is 2.45. The van der Waals surface area contributed by atoms with Crippen LogP contribution in [0.2, 0.25) is 0 Å². The maximum absolute atomic E-state index is 11.1. The number of ether oxygens (including phenoxy) is 1. The highest BCUT2D eigenvalue weighted by molar-refractivity contribution is 6.38. The molecule has 96 valence electrons. The smallest absolute Gasteiger partial charge is 0.337 e. The van der Waals surface area contributed by atoms with Crippen molar-refractivity contribution < 1.29 is 24.5 Å². The topological polar surface area (TPSA) is 83.8 Å². The van der Waals surface area contributed by atoms with E-state index in [1.54, 1.807) is 0 Å². The third-order valence-electron chi connectivity index (χ3n) is 2.28. The van der Waals surface area contributed by atoms with Gasteiger partial charge in [0.25, 0.3) is 0 Å². The largest absolute Gasteiger partial charge is 0.497 e. The van der Waals surface area contributed by atoms with E-state index in [0.717, 1.165) is 0 Å². The SMILES string of the molecule is COc1ccc(/C(C(=O)O)=C(\C)Cl)c(C(=O)O)c1. The number of carboxylic acids is 2. The first-order chi connectivity index (χ1) is 8.38. The van der Waals surface area contributed by atoms with Crippen molar-refractivity contribution in [2.75, 3.05) is 7.11 Å². The fourth-order valence-electron chi connectivity index (χ4n) is 1.49. The molecule has 1 rings (SSSR count). The number of carbonyl (C=O) groups is 2. The summed E-state index contributed by atoms with van der Waals surface area (Å²) >= 11 is 5.70. The van der Waals surface area contributed by atoms with Crippen LogP contribution >= 0.6 is 11.6 Å². The summed E-state index contributed by atoms with van der Waals surface area (Å²) in [6.07, 6.45) is 0. The van der Waals surface area contributed by atoms with Gasteiger partial charge >= 0.3 is 11.9 Å². The standard InChI is InChI=1S/C12H11ClO5/c1-6(13)10(12(16)17)8-4-3-7(18-2)5-9(8)11(14)15/h3-5H,1-2H3,(H,14,15)(H,16,17)/b10-6-. The van der Waals surface area contributed by atoms with Crippen molar-refractivity contribution in [1.29, 1.82) is 0 Å². The zero-order valence-corrected chi connectivity index (χ0v) is 10.5. The van der Waals surface area contributed by atoms with Gasteiger partial charge in [-0.3, -0.25) is 0 Å². The quantitative estimate of drug-likeness (QED) is 0.821. The number of hydrogen-bond donors (Lipinski definition) is 2. The van der Waals surface area contributed by atoms with Gasteiger partial charge in [0.05, 0.1) is 18.2 Å². The van der Waals surface area contributed by atoms with Crippen LogP contribution in [-0.4, -0.2) is 29.3 Å². The minimum Gasteiger partial charge on any atom is -0.497 e. The van der Waals surface area contributed by atoms with Gasteiger partial charge in [0.2, 0.25) is 0 Å². The average Bonchev–Trinajstić information content (AvgIpc) is 2.28. The number of allylic oxidation sites excluding steroid dienone is 1. The molecule has 0 aliphatic carbocycles. The minimum atomic E-state index is -1.28. The molecular formula is C12H11ClO5. The highest BCUT2D eigenvalue weighted by Crippen LogP contribution is 2.28. The van der Waals surface area contributed by atoms with Gasteiger partial charge in [0.15, 0.2) is 0 Å². The summed E-state index contributed by atoms with van der Waals surface area (Å²) in [7, 11) is 1.39. The first kappa shape index (κ1) is 14.1. The summed E-state index contributed by atoms with van der Waals surface area (Å²) < 4.78 is 4.90. The molecule has 0 amide bonds. The lowest BCUT2D eigenvalue weighted by atomic mass is 9.99. The first-order valence-corrected chi connectivity index (χ1v) is 5.27. The van der Waals surface area contributed by atoms with Gasteiger partial charge < -0.3 is 14.9 Å². The third-order valence-corrected chi connectivity index (χ3v) is 2.47. The van der Waals surface area contributed by atoms with Crippen LogP contribution in [0.25, 0.3) is 5.57 Å². The zero-order valence-electron chi connectivity index (χ0n) is 9.73. The highest BCUT2D eigenvalue weighted by Gasteiger charge is 2.21. The second-order valence-corrected chi connectivity index (χ2v) is 4.00. The molecule has 1 aromatic rings. The fourth-order valence-corrected chi connectivity index (χ4v) is 1.68. The molecule has 0 saturated carbocycles. The molecule has 0 aliphatic heterocycles. The molecule has 2 N–H and O–H groups in total. The van der Waals surface area contributed by atoms with Crippen molar-refractivity contribution in [2.45, 2.75) is 6.92 Å². The maximum Gasteiger partial charge on any atom is 0.337 e. The van der Waals surface area contributed by atoms with Gasteiger partial charge in [-0.05, 0) is 25.1 Å². The lowest BCUT2D eigenvalue weighted by Crippen LogP contribution is -2.08. The van der Waals surface area contributed by atoms with Crippen LogP contribution < -0.4 is 4.74 Å². The Hall–Kier alpha value is -2.01. The number of hydrogen-bond acceptors (Lipinski definition) is 3. The zero-order chi connectivity index (χ0) is 13.9. The number of aliphatic carboxylic acids is 1. The second-order valence-electron chi connectivity index (χ2n) is 3.43. The Morgan fingerprint density at radius 2 is 1.83 bits per heavy atom. The van der Waals surface area contributed by atoms with Crippen LogP contribution in [0.4, 0.5) is 0 Å². The van der Waals surface area contributed by atoms with E-state index in [1.165, 1.54) is 32.2 Å². The Balaban J connectivity index is 3.54. The number of rotatable bonds is 4. The molecule has 0 radical (unpaired) electrons. The van der Waals surface area contributed by atoms with Crippen molar-refractivity contribution in [3.05, 3.63) is 34.4 Å². The van der Waals surface area contributed by atoms with Crippen LogP contribution in [-0.2, 0) is 4.79 Å². The van der Waals surface area contributed by atoms with Crippen molar-refractivity contribution >= 4 is 29.1 Å². The Bertz CT molecular complexity index is 529. The van der Waals surface area contributed by atoms with E-state index >= 15 is 0 Å². The molecule has 0 saturated heterocycles. The van der Waals surface area contributed by atoms with Gasteiger partial charge in [0.1, 0.15) is 5.75 Å². The van der Waals surface area contributed by atoms with Crippen LogP contribution in [0.15, 0.2) is 23.2 Å². The van der Waals surface area contributed by atoms with E-state index in [4.69, 9.17) is 26.6 Å². The van der Waals surface area contributed by atoms with Crippen LogP contribution in [0, 0.1) is 0 Å². The predicted molar refractivity (Wildman–Crippen MR) is 66.0 cm³/mol. The lowest BCUT2D eigenvalue weighted by molar-refractivity contribution is -0.130. The number of aromatic carboxylic acids is 1. The van der Waals surface area contributed by atoms with Crippen molar-refractivity contribution in [3.63, 3.8) is 0 Å². The Morgan fingerprint density at radius 1 is 1.22 bits per heavy atom. The lowest BCUT2D eigenvalue weighted by Gasteiger charge is -2.09. The van der Waals surface area contributed by atoms with E-state index in [9.17, 15) is 9.59 Å². The molecule has 0 aliphatic rings. The molecule has 0 atom stereocenters. The Labute approximate surface area is 108 Å². The molecule has 0 unspecified atom stereocenters. The molecule has 0 aromatic heterocycles. The molecule has 0 fully saturated rings. The number of benzene rings is 1. The molecule has 6 heteroatoms. The van der Waals surface area contributed by atoms with Gasteiger partial charge in [-0.15, -0.1) is 0 Å². The molecular weight excluding hydrogens is 260 g/mol. The minimum absolute atomic E-state index is 0.00941. The molecule has 0 heterocycles. The average molecular weight is 271 g/mol. The van der Waals surface area contributed by atoms with Crippen molar-refractivity contribution in [1.82, 2.24) is 0 Å². The Kier molecular flexibility index (Phi) is 4.33. The number of methoxy groups -OCH3 is 1. The molecule has 0 bridgehead atoms. The van der Waals surface area contributed by atoms with E-state index in [-0.39, 0.29) is 21.7 Å². The first-order valence-electron chi connectivity index (χ1n) is 4.89. The van der Waals surface area contributed by atoms with Crippen molar-refractivity contribution in [3.8, 4) is 5.75 Å². The number of halogens is 1. The van der Waals surface area contributed by atoms with Crippen LogP contribution in [0.3, 0.4) is 0 Å². The fraction of sp³-hybridized carbons (Fsp3) is 0.167. The highest BCUT2D eigenvalue weighted by atomic mass is 35.5. The molecule has 5 nitrogen and oxygen atoms in total. The summed E-state index contributed by atoms with van der Waals surface area (Å²) in [5, 5.41) is 18.2. The number of carboxylic acid groups (broad SMARTS) is 2. The third kappa shape index (κ3) is 2.81. The van der Waals surface area contributed by atoms with E-state index in [2.05, 4.69) is 0 Å². The van der Waals surface area contributed by atoms with Gasteiger partial charge in [0, 0.05) is 10.6 Å². The summed E-state index contributed by atoms with van der Waals surface area (Å²) in [6, 6.07) is 4.09. The van der Waals surface area contributed by atoms with Gasteiger partial charge in [-0.2, -0.15) is 0 Å². The van der Waals surface area contributed by atoms with E-state index in [0.29, 0.717) is 5.75 Å². The van der Waals surface area contributed by atoms with Crippen LogP contribution in [0.5, 0.6) is 5.75 Å². The van der Waals surface area contributed by atoms with Gasteiger partial charge in [-0.1, -0.05) is 11.6 Å². The Morgan fingerprint density at radius 3 is 2.22 bits per heavy atom. The summed E-state index contributed by atoms with van der Waals surface area (Å²) in [5.41, 5.74) is -0.369. The second kappa shape index (κ2) is 5.55. The van der Waals surface area contributed by atoms with Crippen molar-refractivity contribution in [2.24, 2.45) is 0 Å². The van der Waals surface area contributed by atoms with E-state index in [1.807, 2.05) is 0 Å². The summed E-state index contributed by atoms with van der Waals surface area (Å²) in [6.45, 7) is 1.39. The molecule has 18 heavy (non-hydrogen) atoms. The monoisotopic (exact) mass is 270 g/mol. The van der Waals surface area contributed by atoms with Gasteiger partial charge in [-0.25, -0.2) is 9.59 Å². The summed E-state index contributed by atoms with van der Waals surface area (Å²) in [5.74, 6) is -2.20. The van der Waals surface area contributed by atoms with E-state index < -0.39 is 11.9 Å². The molecule has 0 spiro atoms. The maximum atomic E-state index is 11.1. The normalized spacial score (nSPS) is 11.7.